The molecule has 0 radical (unpaired) electrons. The Morgan fingerprint density at radius 3 is 2.52 bits per heavy atom. The predicted octanol–water partition coefficient (Wildman–Crippen LogP) is 5.37. The molecule has 4 aromatic rings. The number of benzene rings is 2. The zero-order chi connectivity index (χ0) is 22.5. The molecule has 0 N–H and O–H groups in total. The van der Waals surface area contributed by atoms with Gasteiger partial charge < -0.3 is 14.2 Å². The third-order valence-electron chi connectivity index (χ3n) is 5.38. The summed E-state index contributed by atoms with van der Waals surface area (Å²) >= 11 is 1.47. The smallest absolute Gasteiger partial charge is 0.282 e. The van der Waals surface area contributed by atoms with Gasteiger partial charge in [0.1, 0.15) is 5.75 Å². The SMILES string of the molecule is CCN(CC)CCN(C(=O)c1cc(-c2ccccc2)on1)c1nc2ccc(OC)cc2s1.Cl. The monoisotopic (exact) mass is 486 g/mol. The lowest BCUT2D eigenvalue weighted by molar-refractivity contribution is 0.0975. The summed E-state index contributed by atoms with van der Waals surface area (Å²) in [5.41, 5.74) is 1.97. The van der Waals surface area contributed by atoms with Crippen LogP contribution in [0.5, 0.6) is 5.75 Å². The molecule has 2 aromatic carbocycles. The minimum Gasteiger partial charge on any atom is -0.497 e. The van der Waals surface area contributed by atoms with Gasteiger partial charge in [0.2, 0.25) is 0 Å². The molecule has 0 unspecified atom stereocenters. The molecule has 2 heterocycles. The lowest BCUT2D eigenvalue weighted by Crippen LogP contribution is -2.39. The number of hydrogen-bond donors (Lipinski definition) is 0. The van der Waals surface area contributed by atoms with Crippen LogP contribution in [0, 0.1) is 0 Å². The lowest BCUT2D eigenvalue weighted by Gasteiger charge is -2.24. The zero-order valence-corrected chi connectivity index (χ0v) is 20.5. The van der Waals surface area contributed by atoms with E-state index in [9.17, 15) is 4.79 Å². The van der Waals surface area contributed by atoms with E-state index in [0.29, 0.717) is 17.4 Å². The maximum absolute atomic E-state index is 13.5. The average molecular weight is 487 g/mol. The number of fused-ring (bicyclic) bond motifs is 1. The van der Waals surface area contributed by atoms with Crippen molar-refractivity contribution in [3.63, 3.8) is 0 Å². The number of ether oxygens (including phenoxy) is 1. The molecule has 0 aliphatic heterocycles. The third-order valence-corrected chi connectivity index (χ3v) is 6.42. The number of methoxy groups -OCH3 is 1. The molecule has 2 aromatic heterocycles. The van der Waals surface area contributed by atoms with Gasteiger partial charge in [-0.25, -0.2) is 4.98 Å². The fourth-order valence-corrected chi connectivity index (χ4v) is 4.47. The van der Waals surface area contributed by atoms with Crippen molar-refractivity contribution in [2.24, 2.45) is 0 Å². The summed E-state index contributed by atoms with van der Waals surface area (Å²) in [5.74, 6) is 1.10. The van der Waals surface area contributed by atoms with Crippen LogP contribution in [0.1, 0.15) is 24.3 Å². The molecule has 33 heavy (non-hydrogen) atoms. The van der Waals surface area contributed by atoms with Crippen molar-refractivity contribution in [3.05, 3.63) is 60.3 Å². The molecule has 7 nitrogen and oxygen atoms in total. The number of carbonyl (C=O) groups is 1. The first-order valence-corrected chi connectivity index (χ1v) is 11.5. The van der Waals surface area contributed by atoms with Gasteiger partial charge >= 0.3 is 0 Å². The van der Waals surface area contributed by atoms with E-state index in [-0.39, 0.29) is 24.0 Å². The van der Waals surface area contributed by atoms with Crippen LogP contribution in [0.15, 0.2) is 59.1 Å². The number of nitrogens with zero attached hydrogens (tertiary/aromatic N) is 4. The van der Waals surface area contributed by atoms with Gasteiger partial charge in [-0.15, -0.1) is 12.4 Å². The minimum atomic E-state index is -0.228. The van der Waals surface area contributed by atoms with Crippen LogP contribution in [0.4, 0.5) is 5.13 Å². The molecule has 0 fully saturated rings. The molecule has 4 rings (SSSR count). The molecule has 0 aliphatic rings. The summed E-state index contributed by atoms with van der Waals surface area (Å²) in [4.78, 5) is 22.2. The average Bonchev–Trinajstić information content (AvgIpc) is 3.49. The highest BCUT2D eigenvalue weighted by Crippen LogP contribution is 2.32. The summed E-state index contributed by atoms with van der Waals surface area (Å²) in [7, 11) is 1.64. The molecule has 0 bridgehead atoms. The van der Waals surface area contributed by atoms with Crippen LogP contribution < -0.4 is 9.64 Å². The molecule has 0 saturated heterocycles. The predicted molar refractivity (Wildman–Crippen MR) is 135 cm³/mol. The van der Waals surface area contributed by atoms with Crippen LogP contribution in [0.3, 0.4) is 0 Å². The zero-order valence-electron chi connectivity index (χ0n) is 18.9. The van der Waals surface area contributed by atoms with E-state index in [4.69, 9.17) is 14.2 Å². The molecular formula is C24H27ClN4O3S. The van der Waals surface area contributed by atoms with Gasteiger partial charge in [-0.3, -0.25) is 9.69 Å². The fourth-order valence-electron chi connectivity index (χ4n) is 3.45. The van der Waals surface area contributed by atoms with E-state index in [1.807, 2.05) is 48.5 Å². The van der Waals surface area contributed by atoms with Crippen molar-refractivity contribution < 1.29 is 14.1 Å². The molecule has 0 saturated carbocycles. The quantitative estimate of drug-likeness (QED) is 0.316. The molecule has 1 amide bonds. The van der Waals surface area contributed by atoms with E-state index >= 15 is 0 Å². The van der Waals surface area contributed by atoms with Gasteiger partial charge in [0.05, 0.1) is 17.3 Å². The molecular weight excluding hydrogens is 460 g/mol. The third kappa shape index (κ3) is 5.52. The summed E-state index contributed by atoms with van der Waals surface area (Å²) in [6.07, 6.45) is 0. The second-order valence-electron chi connectivity index (χ2n) is 7.26. The Hall–Kier alpha value is -2.94. The van der Waals surface area contributed by atoms with E-state index in [2.05, 4.69) is 23.9 Å². The summed E-state index contributed by atoms with van der Waals surface area (Å²) in [6.45, 7) is 7.30. The standard InChI is InChI=1S/C24H26N4O3S.ClH/c1-4-27(5-2)13-14-28(24-25-19-12-11-18(30-3)15-22(19)32-24)23(29)20-16-21(31-26-20)17-9-7-6-8-10-17;/h6-12,15-16H,4-5,13-14H2,1-3H3;1H. The maximum atomic E-state index is 13.5. The number of carbonyl (C=O) groups excluding carboxylic acids is 1. The molecule has 0 aliphatic carbocycles. The number of aromatic nitrogens is 2. The largest absolute Gasteiger partial charge is 0.497 e. The Morgan fingerprint density at radius 1 is 1.06 bits per heavy atom. The molecule has 9 heteroatoms. The van der Waals surface area contributed by atoms with Gasteiger partial charge in [-0.2, -0.15) is 0 Å². The number of thiazole rings is 1. The summed E-state index contributed by atoms with van der Waals surface area (Å²) < 4.78 is 11.8. The Morgan fingerprint density at radius 2 is 1.82 bits per heavy atom. The summed E-state index contributed by atoms with van der Waals surface area (Å²) in [6, 6.07) is 17.0. The van der Waals surface area contributed by atoms with E-state index in [0.717, 1.165) is 41.2 Å². The van der Waals surface area contributed by atoms with Crippen molar-refractivity contribution >= 4 is 45.0 Å². The van der Waals surface area contributed by atoms with Crippen LogP contribution in [-0.2, 0) is 0 Å². The van der Waals surface area contributed by atoms with Gasteiger partial charge in [0.15, 0.2) is 16.6 Å². The minimum absolute atomic E-state index is 0. The highest BCUT2D eigenvalue weighted by molar-refractivity contribution is 7.22. The summed E-state index contributed by atoms with van der Waals surface area (Å²) in [5, 5.41) is 4.70. The van der Waals surface area contributed by atoms with E-state index in [1.165, 1.54) is 11.3 Å². The first-order valence-electron chi connectivity index (χ1n) is 10.6. The number of rotatable bonds is 9. The maximum Gasteiger partial charge on any atom is 0.282 e. The first kappa shape index (κ1) is 24.7. The number of hydrogen-bond acceptors (Lipinski definition) is 7. The highest BCUT2D eigenvalue weighted by Gasteiger charge is 2.25. The van der Waals surface area contributed by atoms with E-state index in [1.54, 1.807) is 18.1 Å². The Labute approximate surface area is 203 Å². The molecule has 0 atom stereocenters. The second kappa shape index (κ2) is 11.3. The first-order chi connectivity index (χ1) is 15.6. The lowest BCUT2D eigenvalue weighted by atomic mass is 10.1. The van der Waals surface area contributed by atoms with Crippen LogP contribution in [0.2, 0.25) is 0 Å². The van der Waals surface area contributed by atoms with Gasteiger partial charge in [-0.05, 0) is 31.3 Å². The van der Waals surface area contributed by atoms with Crippen molar-refractivity contribution in [1.82, 2.24) is 15.0 Å². The van der Waals surface area contributed by atoms with Crippen molar-refractivity contribution in [2.75, 3.05) is 38.2 Å². The van der Waals surface area contributed by atoms with Crippen LogP contribution >= 0.6 is 23.7 Å². The normalized spacial score (nSPS) is 10.9. The van der Waals surface area contributed by atoms with E-state index < -0.39 is 0 Å². The Bertz CT molecular complexity index is 1190. The Balaban J connectivity index is 0.00000306. The van der Waals surface area contributed by atoms with Crippen LogP contribution in [0.25, 0.3) is 21.5 Å². The molecule has 174 valence electrons. The number of halogens is 1. The van der Waals surface area contributed by atoms with Crippen LogP contribution in [-0.4, -0.2) is 54.2 Å². The number of anilines is 1. The van der Waals surface area contributed by atoms with Gasteiger partial charge in [-0.1, -0.05) is 60.7 Å². The van der Waals surface area contributed by atoms with Crippen molar-refractivity contribution in [1.29, 1.82) is 0 Å². The fraction of sp³-hybridized carbons (Fsp3) is 0.292. The van der Waals surface area contributed by atoms with Gasteiger partial charge in [0, 0.05) is 24.7 Å². The number of amides is 1. The van der Waals surface area contributed by atoms with Crippen molar-refractivity contribution in [3.8, 4) is 17.1 Å². The second-order valence-corrected chi connectivity index (χ2v) is 8.27. The topological polar surface area (TPSA) is 71.7 Å². The highest BCUT2D eigenvalue weighted by atomic mass is 35.5. The Kier molecular flexibility index (Phi) is 8.43. The number of likely N-dealkylation sites (N-methyl/N-ethyl adjacent to an activating group) is 1. The van der Waals surface area contributed by atoms with Gasteiger partial charge in [0.25, 0.3) is 5.91 Å². The molecule has 0 spiro atoms. The van der Waals surface area contributed by atoms with Crippen molar-refractivity contribution in [2.45, 2.75) is 13.8 Å².